The number of benzene rings is 2. The summed E-state index contributed by atoms with van der Waals surface area (Å²) in [6, 6.07) is 15.6. The zero-order chi connectivity index (χ0) is 13.7. The minimum absolute atomic E-state index is 0.0681. The van der Waals surface area contributed by atoms with Crippen LogP contribution in [0.4, 0.5) is 0 Å². The van der Waals surface area contributed by atoms with Gasteiger partial charge < -0.3 is 5.32 Å². The van der Waals surface area contributed by atoms with E-state index in [1.54, 1.807) is 17.8 Å². The molecule has 0 aliphatic rings. The summed E-state index contributed by atoms with van der Waals surface area (Å²) >= 11 is 5.09. The molecule has 0 radical (unpaired) electrons. The normalized spacial score (nSPS) is 10.2. The highest BCUT2D eigenvalue weighted by atomic mass is 79.9. The van der Waals surface area contributed by atoms with E-state index >= 15 is 0 Å². The lowest BCUT2D eigenvalue weighted by molar-refractivity contribution is 0.0950. The number of rotatable bonds is 4. The third kappa shape index (κ3) is 3.85. The van der Waals surface area contributed by atoms with Crippen molar-refractivity contribution in [2.24, 2.45) is 0 Å². The van der Waals surface area contributed by atoms with Gasteiger partial charge >= 0.3 is 0 Å². The van der Waals surface area contributed by atoms with Crippen molar-refractivity contribution >= 4 is 33.6 Å². The van der Waals surface area contributed by atoms with E-state index in [2.05, 4.69) is 33.4 Å². The highest BCUT2D eigenvalue weighted by molar-refractivity contribution is 9.10. The van der Waals surface area contributed by atoms with Crippen LogP contribution in [0.15, 0.2) is 57.9 Å². The molecule has 4 heteroatoms. The first-order valence-electron chi connectivity index (χ1n) is 5.86. The number of nitrogens with one attached hydrogen (secondary N) is 1. The van der Waals surface area contributed by atoms with Crippen molar-refractivity contribution in [3.05, 3.63) is 64.1 Å². The van der Waals surface area contributed by atoms with Crippen molar-refractivity contribution in [3.63, 3.8) is 0 Å². The second kappa shape index (κ2) is 6.78. The first kappa shape index (κ1) is 14.2. The average Bonchev–Trinajstić information content (AvgIpc) is 2.46. The Hall–Kier alpha value is -1.26. The number of carbonyl (C=O) groups excluding carboxylic acids is 1. The van der Waals surface area contributed by atoms with Crippen LogP contribution in [-0.4, -0.2) is 12.2 Å². The monoisotopic (exact) mass is 335 g/mol. The van der Waals surface area contributed by atoms with Gasteiger partial charge in [0.25, 0.3) is 5.91 Å². The minimum atomic E-state index is -0.0681. The molecule has 0 spiro atoms. The molecule has 0 saturated heterocycles. The zero-order valence-corrected chi connectivity index (χ0v) is 12.9. The lowest BCUT2D eigenvalue weighted by atomic mass is 10.2. The molecule has 0 aliphatic heterocycles. The second-order valence-corrected chi connectivity index (χ2v) is 5.74. The highest BCUT2D eigenvalue weighted by Gasteiger charge is 2.08. The van der Waals surface area contributed by atoms with E-state index in [0.29, 0.717) is 12.1 Å². The molecule has 0 saturated carbocycles. The van der Waals surface area contributed by atoms with E-state index in [1.165, 1.54) is 4.90 Å². The fourth-order valence-electron chi connectivity index (χ4n) is 1.67. The van der Waals surface area contributed by atoms with Gasteiger partial charge in [-0.05, 0) is 52.0 Å². The quantitative estimate of drug-likeness (QED) is 0.852. The fraction of sp³-hybridized carbons (Fsp3) is 0.133. The van der Waals surface area contributed by atoms with Crippen LogP contribution in [0.2, 0.25) is 0 Å². The molecular formula is C15H14BrNOS. The van der Waals surface area contributed by atoms with Crippen molar-refractivity contribution in [1.82, 2.24) is 5.32 Å². The molecule has 0 unspecified atom stereocenters. The largest absolute Gasteiger partial charge is 0.348 e. The molecule has 0 heterocycles. The van der Waals surface area contributed by atoms with Gasteiger partial charge in [-0.3, -0.25) is 4.79 Å². The van der Waals surface area contributed by atoms with Gasteiger partial charge in [0.05, 0.1) is 5.56 Å². The van der Waals surface area contributed by atoms with Gasteiger partial charge in [-0.1, -0.05) is 24.3 Å². The van der Waals surface area contributed by atoms with Crippen LogP contribution in [0.1, 0.15) is 15.9 Å². The Labute approximate surface area is 125 Å². The molecule has 2 aromatic rings. The Morgan fingerprint density at radius 3 is 2.47 bits per heavy atom. The van der Waals surface area contributed by atoms with Crippen LogP contribution in [0, 0.1) is 0 Å². The summed E-state index contributed by atoms with van der Waals surface area (Å²) in [7, 11) is 0. The molecular weight excluding hydrogens is 322 g/mol. The summed E-state index contributed by atoms with van der Waals surface area (Å²) in [4.78, 5) is 13.2. The van der Waals surface area contributed by atoms with Crippen LogP contribution in [-0.2, 0) is 6.54 Å². The molecule has 19 heavy (non-hydrogen) atoms. The van der Waals surface area contributed by atoms with Crippen LogP contribution in [0.5, 0.6) is 0 Å². The van der Waals surface area contributed by atoms with Gasteiger partial charge in [-0.2, -0.15) is 0 Å². The number of thioether (sulfide) groups is 1. The highest BCUT2D eigenvalue weighted by Crippen LogP contribution is 2.17. The Morgan fingerprint density at radius 1 is 1.16 bits per heavy atom. The number of hydrogen-bond acceptors (Lipinski definition) is 2. The van der Waals surface area contributed by atoms with Gasteiger partial charge in [0.1, 0.15) is 0 Å². The van der Waals surface area contributed by atoms with Crippen molar-refractivity contribution in [2.75, 3.05) is 6.26 Å². The molecule has 0 aliphatic carbocycles. The Morgan fingerprint density at radius 2 is 1.84 bits per heavy atom. The fourth-order valence-corrected chi connectivity index (χ4v) is 2.54. The van der Waals surface area contributed by atoms with Gasteiger partial charge in [-0.15, -0.1) is 11.8 Å². The van der Waals surface area contributed by atoms with Crippen LogP contribution >= 0.6 is 27.7 Å². The number of halogens is 1. The molecule has 2 rings (SSSR count). The maximum Gasteiger partial charge on any atom is 0.252 e. The SMILES string of the molecule is CSc1ccc(CNC(=O)c2ccccc2Br)cc1. The van der Waals surface area contributed by atoms with Crippen molar-refractivity contribution in [1.29, 1.82) is 0 Å². The van der Waals surface area contributed by atoms with Gasteiger partial charge in [-0.25, -0.2) is 0 Å². The molecule has 0 fully saturated rings. The summed E-state index contributed by atoms with van der Waals surface area (Å²) in [5, 5.41) is 2.92. The van der Waals surface area contributed by atoms with E-state index in [4.69, 9.17) is 0 Å². The van der Waals surface area contributed by atoms with E-state index in [0.717, 1.165) is 10.0 Å². The standard InChI is InChI=1S/C15H14BrNOS/c1-19-12-8-6-11(7-9-12)10-17-15(18)13-4-2-3-5-14(13)16/h2-9H,10H2,1H3,(H,17,18). The second-order valence-electron chi connectivity index (χ2n) is 4.01. The first-order chi connectivity index (χ1) is 9.20. The molecule has 0 aromatic heterocycles. The van der Waals surface area contributed by atoms with Crippen molar-refractivity contribution < 1.29 is 4.79 Å². The van der Waals surface area contributed by atoms with Gasteiger partial charge in [0, 0.05) is 15.9 Å². The molecule has 0 atom stereocenters. The molecule has 98 valence electrons. The summed E-state index contributed by atoms with van der Waals surface area (Å²) in [5.74, 6) is -0.0681. The van der Waals surface area contributed by atoms with Crippen LogP contribution in [0.25, 0.3) is 0 Å². The van der Waals surface area contributed by atoms with E-state index < -0.39 is 0 Å². The maximum atomic E-state index is 12.0. The molecule has 2 nitrogen and oxygen atoms in total. The number of carbonyl (C=O) groups is 1. The lowest BCUT2D eigenvalue weighted by Crippen LogP contribution is -2.23. The van der Waals surface area contributed by atoms with E-state index in [-0.39, 0.29) is 5.91 Å². The summed E-state index contributed by atoms with van der Waals surface area (Å²) in [6.07, 6.45) is 2.05. The molecule has 2 aromatic carbocycles. The Kier molecular flexibility index (Phi) is 5.05. The molecule has 0 bridgehead atoms. The third-order valence-electron chi connectivity index (χ3n) is 2.73. The van der Waals surface area contributed by atoms with E-state index in [9.17, 15) is 4.79 Å². The molecule has 1 N–H and O–H groups in total. The van der Waals surface area contributed by atoms with E-state index in [1.807, 2.05) is 36.6 Å². The summed E-state index contributed by atoms with van der Waals surface area (Å²) in [6.45, 7) is 0.537. The number of hydrogen-bond donors (Lipinski definition) is 1. The van der Waals surface area contributed by atoms with Gasteiger partial charge in [0.15, 0.2) is 0 Å². The first-order valence-corrected chi connectivity index (χ1v) is 7.88. The molecule has 1 amide bonds. The number of amides is 1. The summed E-state index contributed by atoms with van der Waals surface area (Å²) in [5.41, 5.74) is 1.75. The van der Waals surface area contributed by atoms with Crippen molar-refractivity contribution in [2.45, 2.75) is 11.4 Å². The Balaban J connectivity index is 1.98. The zero-order valence-electron chi connectivity index (χ0n) is 10.5. The minimum Gasteiger partial charge on any atom is -0.348 e. The average molecular weight is 336 g/mol. The van der Waals surface area contributed by atoms with Gasteiger partial charge in [0.2, 0.25) is 0 Å². The Bertz CT molecular complexity index is 569. The van der Waals surface area contributed by atoms with Crippen LogP contribution < -0.4 is 5.32 Å². The predicted molar refractivity (Wildman–Crippen MR) is 83.5 cm³/mol. The third-order valence-corrected chi connectivity index (χ3v) is 4.17. The topological polar surface area (TPSA) is 29.1 Å². The van der Waals surface area contributed by atoms with Crippen LogP contribution in [0.3, 0.4) is 0 Å². The lowest BCUT2D eigenvalue weighted by Gasteiger charge is -2.07. The predicted octanol–water partition coefficient (Wildman–Crippen LogP) is 4.10. The summed E-state index contributed by atoms with van der Waals surface area (Å²) < 4.78 is 0.810. The smallest absolute Gasteiger partial charge is 0.252 e. The van der Waals surface area contributed by atoms with Crippen molar-refractivity contribution in [3.8, 4) is 0 Å². The maximum absolute atomic E-state index is 12.0.